The molecule has 2 atom stereocenters. The molecule has 5 rings (SSSR count). The Morgan fingerprint density at radius 3 is 2.23 bits per heavy atom. The molecule has 188 valence electrons. The van der Waals surface area contributed by atoms with Crippen molar-refractivity contribution in [3.05, 3.63) is 29.6 Å². The molecule has 4 saturated heterocycles. The van der Waals surface area contributed by atoms with E-state index in [2.05, 4.69) is 9.80 Å². The number of rotatable bonds is 5. The molecule has 10 heteroatoms. The second-order valence-electron chi connectivity index (χ2n) is 10.2. The number of piperidine rings is 1. The number of nitrogens with zero attached hydrogens (tertiary/aromatic N) is 4. The van der Waals surface area contributed by atoms with Crippen LogP contribution < -0.4 is 4.90 Å². The lowest BCUT2D eigenvalue weighted by Crippen LogP contribution is -2.40. The zero-order chi connectivity index (χ0) is 24.7. The van der Waals surface area contributed by atoms with Gasteiger partial charge in [0.1, 0.15) is 11.6 Å². The molecule has 4 heterocycles. The number of ketones is 1. The Bertz CT molecular complexity index is 1010. The maximum atomic E-state index is 14.1. The summed E-state index contributed by atoms with van der Waals surface area (Å²) in [5, 5.41) is 0.595. The van der Waals surface area contributed by atoms with Crippen LogP contribution in [0.25, 0.3) is 0 Å². The Hall–Kier alpha value is -3.01. The number of benzene rings is 1. The van der Waals surface area contributed by atoms with Crippen LogP contribution in [0.4, 0.5) is 14.9 Å². The smallest absolute Gasteiger partial charge is 0.371 e. The van der Waals surface area contributed by atoms with Crippen LogP contribution in [0, 0.1) is 23.6 Å². The quantitative estimate of drug-likeness (QED) is 0.590. The van der Waals surface area contributed by atoms with Crippen molar-refractivity contribution in [3.8, 4) is 0 Å². The van der Waals surface area contributed by atoms with Crippen molar-refractivity contribution >= 4 is 29.4 Å². The summed E-state index contributed by atoms with van der Waals surface area (Å²) in [7, 11) is 0. The Labute approximate surface area is 203 Å². The second-order valence-corrected chi connectivity index (χ2v) is 10.2. The highest BCUT2D eigenvalue weighted by Gasteiger charge is 2.43. The molecule has 0 spiro atoms. The fraction of sp³-hybridized carbons (Fsp3) is 0.600. The lowest BCUT2D eigenvalue weighted by Gasteiger charge is -2.34. The number of fused-ring (bicyclic) bond motifs is 1. The second kappa shape index (κ2) is 9.56. The van der Waals surface area contributed by atoms with E-state index >= 15 is 0 Å². The summed E-state index contributed by atoms with van der Waals surface area (Å²) in [6.45, 7) is 6.46. The molecule has 0 saturated carbocycles. The minimum absolute atomic E-state index is 0.0758. The van der Waals surface area contributed by atoms with Crippen LogP contribution in [0.1, 0.15) is 38.2 Å². The fourth-order valence-corrected chi connectivity index (χ4v) is 5.90. The first-order valence-corrected chi connectivity index (χ1v) is 12.4. The van der Waals surface area contributed by atoms with E-state index < -0.39 is 17.9 Å². The van der Waals surface area contributed by atoms with E-state index in [1.54, 1.807) is 17.9 Å². The van der Waals surface area contributed by atoms with Crippen molar-refractivity contribution < 1.29 is 28.4 Å². The number of carbonyl (C=O) groups is 4. The van der Waals surface area contributed by atoms with Gasteiger partial charge in [0.25, 0.3) is 11.8 Å². The van der Waals surface area contributed by atoms with Gasteiger partial charge in [0.15, 0.2) is 0 Å². The predicted molar refractivity (Wildman–Crippen MR) is 123 cm³/mol. The van der Waals surface area contributed by atoms with E-state index in [9.17, 15) is 23.6 Å². The molecule has 4 aliphatic rings. The molecule has 9 nitrogen and oxygen atoms in total. The van der Waals surface area contributed by atoms with Gasteiger partial charge < -0.3 is 14.6 Å². The van der Waals surface area contributed by atoms with Gasteiger partial charge in [-0.15, -0.1) is 5.06 Å². The topological polar surface area (TPSA) is 90.5 Å². The highest BCUT2D eigenvalue weighted by atomic mass is 19.1. The number of hydroxylamine groups is 2. The molecule has 0 N–H and O–H groups in total. The first-order valence-electron chi connectivity index (χ1n) is 12.4. The number of carbonyl (C=O) groups excluding carboxylic acids is 4. The molecule has 0 radical (unpaired) electrons. The van der Waals surface area contributed by atoms with Crippen LogP contribution in [-0.4, -0.2) is 77.8 Å². The van der Waals surface area contributed by atoms with Crippen molar-refractivity contribution in [2.24, 2.45) is 17.8 Å². The number of anilines is 1. The van der Waals surface area contributed by atoms with Crippen molar-refractivity contribution in [2.45, 2.75) is 39.2 Å². The molecule has 4 fully saturated rings. The molecule has 2 unspecified atom stereocenters. The molecular formula is C25H31FN4O5. The largest absolute Gasteiger partial charge is 0.434 e. The van der Waals surface area contributed by atoms with Crippen LogP contribution in [-0.2, 0) is 25.8 Å². The van der Waals surface area contributed by atoms with Gasteiger partial charge >= 0.3 is 6.09 Å². The molecule has 1 aromatic carbocycles. The molecule has 4 aliphatic heterocycles. The standard InChI is InChI=1S/C25H31FN4O5/c1-16(31)17-6-8-28(9-7-17)22-10-21(26)3-2-18(22)11-27-12-19-14-29(15-20(19)13-27)25(34)35-30-23(32)4-5-24(30)33/h2-3,10,17,19-20H,4-9,11-15H2,1H3. The van der Waals surface area contributed by atoms with Crippen molar-refractivity contribution in [1.29, 1.82) is 0 Å². The van der Waals surface area contributed by atoms with E-state index in [4.69, 9.17) is 4.84 Å². The number of hydrogen-bond acceptors (Lipinski definition) is 7. The Morgan fingerprint density at radius 2 is 1.63 bits per heavy atom. The zero-order valence-corrected chi connectivity index (χ0v) is 20.0. The minimum Gasteiger partial charge on any atom is -0.371 e. The van der Waals surface area contributed by atoms with E-state index in [-0.39, 0.29) is 42.2 Å². The molecule has 1 aromatic rings. The summed E-state index contributed by atoms with van der Waals surface area (Å²) < 4.78 is 14.1. The number of amides is 3. The monoisotopic (exact) mass is 486 g/mol. The highest BCUT2D eigenvalue weighted by molar-refractivity contribution is 6.01. The van der Waals surface area contributed by atoms with Crippen LogP contribution in [0.3, 0.4) is 0 Å². The van der Waals surface area contributed by atoms with Crippen LogP contribution >= 0.6 is 0 Å². The third kappa shape index (κ3) is 4.89. The van der Waals surface area contributed by atoms with Crippen LogP contribution in [0.15, 0.2) is 18.2 Å². The van der Waals surface area contributed by atoms with Gasteiger partial charge in [-0.1, -0.05) is 6.07 Å². The lowest BCUT2D eigenvalue weighted by atomic mass is 9.92. The van der Waals surface area contributed by atoms with Crippen molar-refractivity contribution in [2.75, 3.05) is 44.2 Å². The highest BCUT2D eigenvalue weighted by Crippen LogP contribution is 2.35. The molecule has 0 bridgehead atoms. The van der Waals surface area contributed by atoms with E-state index in [0.717, 1.165) is 50.3 Å². The van der Waals surface area contributed by atoms with Gasteiger partial charge in [0.2, 0.25) is 0 Å². The molecule has 0 aliphatic carbocycles. The summed E-state index contributed by atoms with van der Waals surface area (Å²) in [4.78, 5) is 58.8. The third-order valence-electron chi connectivity index (χ3n) is 7.85. The average Bonchev–Trinajstić information content (AvgIpc) is 3.49. The van der Waals surface area contributed by atoms with E-state index in [1.807, 2.05) is 6.07 Å². The van der Waals surface area contributed by atoms with Gasteiger partial charge in [-0.05, 0) is 49.3 Å². The molecular weight excluding hydrogens is 455 g/mol. The van der Waals surface area contributed by atoms with Gasteiger partial charge in [-0.3, -0.25) is 19.3 Å². The molecule has 0 aromatic heterocycles. The minimum atomic E-state index is -0.649. The first-order chi connectivity index (χ1) is 16.8. The third-order valence-corrected chi connectivity index (χ3v) is 7.85. The SMILES string of the molecule is CC(=O)C1CCN(c2cc(F)ccc2CN2CC3CN(C(=O)ON4C(=O)CCC4=O)CC3C2)CC1. The normalized spacial score (nSPS) is 25.5. The summed E-state index contributed by atoms with van der Waals surface area (Å²) in [6, 6.07) is 4.94. The lowest BCUT2D eigenvalue weighted by molar-refractivity contribution is -0.173. The van der Waals surface area contributed by atoms with Gasteiger partial charge in [-0.25, -0.2) is 9.18 Å². The maximum absolute atomic E-state index is 14.1. The number of imide groups is 1. The number of Topliss-reactive ketones (excluding diaryl/α,β-unsaturated/α-hetero) is 1. The van der Waals surface area contributed by atoms with Gasteiger partial charge in [-0.2, -0.15) is 0 Å². The van der Waals surface area contributed by atoms with Crippen molar-refractivity contribution in [3.63, 3.8) is 0 Å². The van der Waals surface area contributed by atoms with Crippen LogP contribution in [0.5, 0.6) is 0 Å². The Kier molecular flexibility index (Phi) is 6.48. The average molecular weight is 487 g/mol. The van der Waals surface area contributed by atoms with Crippen LogP contribution in [0.2, 0.25) is 0 Å². The summed E-state index contributed by atoms with van der Waals surface area (Å²) in [5.41, 5.74) is 1.96. The van der Waals surface area contributed by atoms with E-state index in [0.29, 0.717) is 24.7 Å². The Morgan fingerprint density at radius 1 is 1.00 bits per heavy atom. The fourth-order valence-electron chi connectivity index (χ4n) is 5.90. The zero-order valence-electron chi connectivity index (χ0n) is 20.0. The van der Waals surface area contributed by atoms with Gasteiger partial charge in [0, 0.05) is 70.3 Å². The molecule has 35 heavy (non-hydrogen) atoms. The Balaban J connectivity index is 1.17. The van der Waals surface area contributed by atoms with E-state index in [1.165, 1.54) is 6.07 Å². The summed E-state index contributed by atoms with van der Waals surface area (Å²) in [6.07, 6.45) is 1.09. The van der Waals surface area contributed by atoms with Crippen molar-refractivity contribution in [1.82, 2.24) is 14.9 Å². The summed E-state index contributed by atoms with van der Waals surface area (Å²) in [5.74, 6) is -0.337. The number of hydrogen-bond donors (Lipinski definition) is 0. The van der Waals surface area contributed by atoms with Gasteiger partial charge in [0.05, 0.1) is 0 Å². The molecule has 3 amide bonds. The number of likely N-dealkylation sites (tertiary alicyclic amines) is 2. The predicted octanol–water partition coefficient (Wildman–Crippen LogP) is 2.20. The summed E-state index contributed by atoms with van der Waals surface area (Å²) >= 11 is 0. The maximum Gasteiger partial charge on any atom is 0.434 e. The number of halogens is 1. The first kappa shape index (κ1) is 23.7.